The van der Waals surface area contributed by atoms with Crippen LogP contribution in [0.15, 0.2) is 30.3 Å². The molecule has 1 aliphatic rings. The average Bonchev–Trinajstić information content (AvgIpc) is 3.14. The fourth-order valence-electron chi connectivity index (χ4n) is 3.54. The molecule has 0 aromatic heterocycles. The number of nitrogens with zero attached hydrogens (tertiary/aromatic N) is 2. The van der Waals surface area contributed by atoms with Crippen LogP contribution in [-0.4, -0.2) is 42.9 Å². The molecule has 1 rings (SSSR count). The molecule has 1 aliphatic heterocycles. The molecule has 1 heterocycles. The molecule has 0 spiro atoms. The Morgan fingerprint density at radius 2 is 1.54 bits per heavy atom. The molecule has 0 N–H and O–H groups in total. The standard InChI is InChI=1S/C24H42N2O2/c1-3-5-7-9-11-13-15-17-23-25-19-20-26(23)21-22-28-24(27)18-16-14-12-10-8-6-4-2/h3-4H,1-2,5-22H2. The molecule has 0 unspecified atom stereocenters. The first-order valence-corrected chi connectivity index (χ1v) is 11.4. The molecular weight excluding hydrogens is 348 g/mol. The fraction of sp³-hybridized carbons (Fsp3) is 0.750. The number of unbranched alkanes of at least 4 members (excludes halogenated alkanes) is 10. The highest BCUT2D eigenvalue weighted by Crippen LogP contribution is 2.12. The Bertz CT molecular complexity index is 460. The summed E-state index contributed by atoms with van der Waals surface area (Å²) in [6, 6.07) is 0. The lowest BCUT2D eigenvalue weighted by atomic mass is 10.1. The quantitative estimate of drug-likeness (QED) is 0.152. The second-order valence-electron chi connectivity index (χ2n) is 7.70. The van der Waals surface area contributed by atoms with Gasteiger partial charge in [0.25, 0.3) is 0 Å². The normalized spacial score (nSPS) is 13.4. The van der Waals surface area contributed by atoms with Gasteiger partial charge < -0.3 is 9.64 Å². The molecule has 0 radical (unpaired) electrons. The molecule has 0 saturated carbocycles. The van der Waals surface area contributed by atoms with Crippen molar-refractivity contribution in [1.82, 2.24) is 4.90 Å². The van der Waals surface area contributed by atoms with Crippen LogP contribution in [0.5, 0.6) is 0 Å². The van der Waals surface area contributed by atoms with Crippen molar-refractivity contribution in [2.45, 2.75) is 89.9 Å². The summed E-state index contributed by atoms with van der Waals surface area (Å²) < 4.78 is 5.42. The van der Waals surface area contributed by atoms with Crippen LogP contribution in [0.4, 0.5) is 0 Å². The third kappa shape index (κ3) is 12.7. The van der Waals surface area contributed by atoms with Crippen molar-refractivity contribution >= 4 is 11.8 Å². The molecule has 0 aromatic rings. The summed E-state index contributed by atoms with van der Waals surface area (Å²) in [5, 5.41) is 0. The fourth-order valence-corrected chi connectivity index (χ4v) is 3.54. The zero-order valence-electron chi connectivity index (χ0n) is 18.0. The van der Waals surface area contributed by atoms with Crippen molar-refractivity contribution < 1.29 is 9.53 Å². The van der Waals surface area contributed by atoms with Gasteiger partial charge in [-0.25, -0.2) is 0 Å². The Morgan fingerprint density at radius 3 is 2.21 bits per heavy atom. The van der Waals surface area contributed by atoms with Gasteiger partial charge in [-0.1, -0.05) is 50.7 Å². The van der Waals surface area contributed by atoms with Crippen molar-refractivity contribution in [3.8, 4) is 0 Å². The van der Waals surface area contributed by atoms with E-state index in [4.69, 9.17) is 4.74 Å². The van der Waals surface area contributed by atoms with Gasteiger partial charge >= 0.3 is 5.97 Å². The molecule has 4 heteroatoms. The summed E-state index contributed by atoms with van der Waals surface area (Å²) in [5.74, 6) is 1.16. The van der Waals surface area contributed by atoms with E-state index in [9.17, 15) is 4.79 Å². The number of aliphatic imine (C=N–C) groups is 1. The number of amidine groups is 1. The van der Waals surface area contributed by atoms with Gasteiger partial charge in [-0.15, -0.1) is 13.2 Å². The summed E-state index contributed by atoms with van der Waals surface area (Å²) in [7, 11) is 0. The molecule has 0 bridgehead atoms. The largest absolute Gasteiger partial charge is 0.464 e. The van der Waals surface area contributed by atoms with Crippen molar-refractivity contribution in [1.29, 1.82) is 0 Å². The third-order valence-electron chi connectivity index (χ3n) is 5.25. The maximum atomic E-state index is 11.9. The Morgan fingerprint density at radius 1 is 0.929 bits per heavy atom. The van der Waals surface area contributed by atoms with Crippen LogP contribution in [0.2, 0.25) is 0 Å². The lowest BCUT2D eigenvalue weighted by Crippen LogP contribution is -2.31. The van der Waals surface area contributed by atoms with Gasteiger partial charge in [0.2, 0.25) is 0 Å². The molecule has 0 aromatic carbocycles. The minimum atomic E-state index is -0.0525. The summed E-state index contributed by atoms with van der Waals surface area (Å²) in [4.78, 5) is 18.8. The zero-order valence-corrected chi connectivity index (χ0v) is 18.0. The van der Waals surface area contributed by atoms with Crippen LogP contribution in [0.3, 0.4) is 0 Å². The first-order valence-electron chi connectivity index (χ1n) is 11.4. The summed E-state index contributed by atoms with van der Waals surface area (Å²) >= 11 is 0. The first-order chi connectivity index (χ1) is 13.8. The second kappa shape index (κ2) is 17.5. The van der Waals surface area contributed by atoms with E-state index in [0.717, 1.165) is 51.7 Å². The highest BCUT2D eigenvalue weighted by molar-refractivity contribution is 5.83. The smallest absolute Gasteiger partial charge is 0.305 e. The Hall–Kier alpha value is -1.58. The highest BCUT2D eigenvalue weighted by atomic mass is 16.5. The molecule has 0 atom stereocenters. The van der Waals surface area contributed by atoms with Crippen LogP contribution >= 0.6 is 0 Å². The SMILES string of the molecule is C=CCCCCCCCC(=O)OCCN1CCN=C1CCCCCCCC=C. The highest BCUT2D eigenvalue weighted by Gasteiger charge is 2.16. The Labute approximate surface area is 173 Å². The molecule has 0 amide bonds. The van der Waals surface area contributed by atoms with Crippen LogP contribution in [0, 0.1) is 0 Å². The van der Waals surface area contributed by atoms with E-state index < -0.39 is 0 Å². The number of esters is 1. The zero-order chi connectivity index (χ0) is 20.3. The van der Waals surface area contributed by atoms with Crippen molar-refractivity contribution in [2.24, 2.45) is 4.99 Å². The topological polar surface area (TPSA) is 41.9 Å². The first kappa shape index (κ1) is 24.5. The third-order valence-corrected chi connectivity index (χ3v) is 5.25. The maximum Gasteiger partial charge on any atom is 0.305 e. The molecular formula is C24H42N2O2. The van der Waals surface area contributed by atoms with Gasteiger partial charge in [0.05, 0.1) is 18.9 Å². The molecule has 0 aliphatic carbocycles. The predicted octanol–water partition coefficient (Wildman–Crippen LogP) is 6.08. The summed E-state index contributed by atoms with van der Waals surface area (Å²) in [6.45, 7) is 10.6. The molecule has 28 heavy (non-hydrogen) atoms. The van der Waals surface area contributed by atoms with Gasteiger partial charge in [-0.2, -0.15) is 0 Å². The number of ether oxygens (including phenoxy) is 1. The molecule has 0 fully saturated rings. The lowest BCUT2D eigenvalue weighted by molar-refractivity contribution is -0.143. The van der Waals surface area contributed by atoms with E-state index in [0.29, 0.717) is 13.0 Å². The van der Waals surface area contributed by atoms with E-state index in [1.807, 2.05) is 12.2 Å². The molecule has 0 saturated heterocycles. The lowest BCUT2D eigenvalue weighted by Gasteiger charge is -2.20. The summed E-state index contributed by atoms with van der Waals surface area (Å²) in [6.07, 6.45) is 19.8. The van der Waals surface area contributed by atoms with Crippen LogP contribution < -0.4 is 0 Å². The van der Waals surface area contributed by atoms with Crippen LogP contribution in [0.25, 0.3) is 0 Å². The number of carbonyl (C=O) groups is 1. The molecule has 160 valence electrons. The Balaban J connectivity index is 2.00. The van der Waals surface area contributed by atoms with Gasteiger partial charge in [0, 0.05) is 19.4 Å². The number of carbonyl (C=O) groups excluding carboxylic acids is 1. The maximum absolute atomic E-state index is 11.9. The predicted molar refractivity (Wildman–Crippen MR) is 120 cm³/mol. The van der Waals surface area contributed by atoms with Crippen LogP contribution in [0.1, 0.15) is 89.9 Å². The van der Waals surface area contributed by atoms with E-state index in [-0.39, 0.29) is 5.97 Å². The number of allylic oxidation sites excluding steroid dienone is 2. The average molecular weight is 391 g/mol. The minimum Gasteiger partial charge on any atom is -0.464 e. The second-order valence-corrected chi connectivity index (χ2v) is 7.70. The monoisotopic (exact) mass is 390 g/mol. The van der Waals surface area contributed by atoms with E-state index in [1.54, 1.807) is 0 Å². The minimum absolute atomic E-state index is 0.0525. The number of hydrogen-bond acceptors (Lipinski definition) is 4. The van der Waals surface area contributed by atoms with E-state index in [2.05, 4.69) is 23.1 Å². The van der Waals surface area contributed by atoms with Gasteiger partial charge in [-0.3, -0.25) is 9.79 Å². The van der Waals surface area contributed by atoms with Crippen LogP contribution in [-0.2, 0) is 9.53 Å². The van der Waals surface area contributed by atoms with E-state index >= 15 is 0 Å². The Kier molecular flexibility index (Phi) is 15.3. The van der Waals surface area contributed by atoms with Gasteiger partial charge in [-0.05, 0) is 38.5 Å². The van der Waals surface area contributed by atoms with Gasteiger partial charge in [0.1, 0.15) is 6.61 Å². The number of rotatable bonds is 19. The van der Waals surface area contributed by atoms with Gasteiger partial charge in [0.15, 0.2) is 0 Å². The van der Waals surface area contributed by atoms with Crippen molar-refractivity contribution in [2.75, 3.05) is 26.2 Å². The summed E-state index contributed by atoms with van der Waals surface area (Å²) in [5.41, 5.74) is 0. The van der Waals surface area contributed by atoms with Crippen molar-refractivity contribution in [3.05, 3.63) is 25.3 Å². The number of hydrogen-bond donors (Lipinski definition) is 0. The molecule has 4 nitrogen and oxygen atoms in total. The van der Waals surface area contributed by atoms with Crippen molar-refractivity contribution in [3.63, 3.8) is 0 Å². The van der Waals surface area contributed by atoms with E-state index in [1.165, 1.54) is 57.2 Å².